The first kappa shape index (κ1) is 13.3. The molecule has 0 aliphatic heterocycles. The number of hydrogen-bond acceptors (Lipinski definition) is 4. The van der Waals surface area contributed by atoms with Gasteiger partial charge in [0.05, 0.1) is 11.6 Å². The Bertz CT molecular complexity index is 622. The molecule has 5 heteroatoms. The molecular formula is C14H12ClN3O. The molecular weight excluding hydrogens is 262 g/mol. The molecule has 0 spiro atoms. The second-order valence-corrected chi connectivity index (χ2v) is 4.21. The first-order valence-electron chi connectivity index (χ1n) is 5.74. The van der Waals surface area contributed by atoms with Gasteiger partial charge in [0.15, 0.2) is 0 Å². The molecule has 0 N–H and O–H groups in total. The Morgan fingerprint density at radius 2 is 2.21 bits per heavy atom. The van der Waals surface area contributed by atoms with Crippen molar-refractivity contribution in [2.45, 2.75) is 19.4 Å². The molecule has 2 aromatic rings. The SMILES string of the molecule is Cc1ccc(OCc2cccnc2C#N)c(CCl)n1. The second kappa shape index (κ2) is 6.17. The maximum atomic E-state index is 8.95. The zero-order chi connectivity index (χ0) is 13.7. The maximum Gasteiger partial charge on any atom is 0.147 e. The summed E-state index contributed by atoms with van der Waals surface area (Å²) in [5.41, 5.74) is 2.70. The van der Waals surface area contributed by atoms with Gasteiger partial charge in [0, 0.05) is 17.5 Å². The number of rotatable bonds is 4. The van der Waals surface area contributed by atoms with Crippen LogP contribution in [0.5, 0.6) is 5.75 Å². The summed E-state index contributed by atoms with van der Waals surface area (Å²) in [7, 11) is 0. The molecule has 19 heavy (non-hydrogen) atoms. The van der Waals surface area contributed by atoms with Crippen molar-refractivity contribution in [1.29, 1.82) is 5.26 Å². The van der Waals surface area contributed by atoms with Crippen LogP contribution in [0, 0.1) is 18.3 Å². The molecule has 0 radical (unpaired) electrons. The van der Waals surface area contributed by atoms with Crippen LogP contribution in [0.15, 0.2) is 30.5 Å². The van der Waals surface area contributed by atoms with Crippen molar-refractivity contribution in [2.24, 2.45) is 0 Å². The molecule has 2 aromatic heterocycles. The molecule has 96 valence electrons. The minimum Gasteiger partial charge on any atom is -0.487 e. The van der Waals surface area contributed by atoms with Crippen LogP contribution in [-0.2, 0) is 12.5 Å². The van der Waals surface area contributed by atoms with E-state index in [1.165, 1.54) is 0 Å². The second-order valence-electron chi connectivity index (χ2n) is 3.94. The molecule has 2 heterocycles. The molecule has 0 unspecified atom stereocenters. The number of aryl methyl sites for hydroxylation is 1. The molecule has 0 saturated carbocycles. The number of halogens is 1. The molecule has 0 saturated heterocycles. The predicted octanol–water partition coefficient (Wildman–Crippen LogP) is 2.97. The largest absolute Gasteiger partial charge is 0.487 e. The lowest BCUT2D eigenvalue weighted by molar-refractivity contribution is 0.301. The summed E-state index contributed by atoms with van der Waals surface area (Å²) in [6.45, 7) is 2.17. The van der Waals surface area contributed by atoms with Gasteiger partial charge in [-0.05, 0) is 25.1 Å². The Labute approximate surface area is 116 Å². The van der Waals surface area contributed by atoms with Gasteiger partial charge in [-0.2, -0.15) is 5.26 Å². The van der Waals surface area contributed by atoms with Crippen molar-refractivity contribution in [3.63, 3.8) is 0 Å². The molecule has 0 aliphatic carbocycles. The van der Waals surface area contributed by atoms with Crippen molar-refractivity contribution in [2.75, 3.05) is 0 Å². The minimum absolute atomic E-state index is 0.269. The zero-order valence-electron chi connectivity index (χ0n) is 10.4. The van der Waals surface area contributed by atoms with Crippen LogP contribution in [0.2, 0.25) is 0 Å². The van der Waals surface area contributed by atoms with E-state index in [1.807, 2.05) is 31.2 Å². The fourth-order valence-corrected chi connectivity index (χ4v) is 1.83. The van der Waals surface area contributed by atoms with Crippen molar-refractivity contribution < 1.29 is 4.74 Å². The summed E-state index contributed by atoms with van der Waals surface area (Å²) in [4.78, 5) is 8.29. The van der Waals surface area contributed by atoms with E-state index in [-0.39, 0.29) is 12.5 Å². The van der Waals surface area contributed by atoms with Gasteiger partial charge < -0.3 is 4.74 Å². The standard InChI is InChI=1S/C14H12ClN3O/c1-10-4-5-14(12(7-15)18-10)19-9-11-3-2-6-17-13(11)8-16/h2-6H,7,9H2,1H3. The molecule has 4 nitrogen and oxygen atoms in total. The monoisotopic (exact) mass is 273 g/mol. The average molecular weight is 274 g/mol. The number of ether oxygens (including phenoxy) is 1. The lowest BCUT2D eigenvalue weighted by Gasteiger charge is -2.10. The van der Waals surface area contributed by atoms with Gasteiger partial charge in [0.2, 0.25) is 0 Å². The number of pyridine rings is 2. The maximum absolute atomic E-state index is 8.95. The summed E-state index contributed by atoms with van der Waals surface area (Å²) in [5, 5.41) is 8.95. The highest BCUT2D eigenvalue weighted by atomic mass is 35.5. The Morgan fingerprint density at radius 1 is 1.37 bits per heavy atom. The van der Waals surface area contributed by atoms with Gasteiger partial charge in [-0.3, -0.25) is 4.98 Å². The van der Waals surface area contributed by atoms with E-state index in [4.69, 9.17) is 21.6 Å². The molecule has 0 amide bonds. The molecule has 0 bridgehead atoms. The van der Waals surface area contributed by atoms with Gasteiger partial charge in [-0.25, -0.2) is 4.98 Å². The lowest BCUT2D eigenvalue weighted by atomic mass is 10.2. The summed E-state index contributed by atoms with van der Waals surface area (Å²) in [6, 6.07) is 9.32. The van der Waals surface area contributed by atoms with E-state index in [2.05, 4.69) is 9.97 Å². The Balaban J connectivity index is 2.17. The Morgan fingerprint density at radius 3 is 2.95 bits per heavy atom. The van der Waals surface area contributed by atoms with Gasteiger partial charge in [0.25, 0.3) is 0 Å². The van der Waals surface area contributed by atoms with Crippen molar-refractivity contribution in [3.05, 3.63) is 53.1 Å². The van der Waals surface area contributed by atoms with Crippen molar-refractivity contribution in [1.82, 2.24) is 9.97 Å². The Hall–Kier alpha value is -2.12. The molecule has 0 aromatic carbocycles. The highest BCUT2D eigenvalue weighted by Gasteiger charge is 2.07. The predicted molar refractivity (Wildman–Crippen MR) is 71.8 cm³/mol. The summed E-state index contributed by atoms with van der Waals surface area (Å²) < 4.78 is 5.67. The van der Waals surface area contributed by atoms with Crippen LogP contribution < -0.4 is 4.74 Å². The first-order chi connectivity index (χ1) is 9.24. The van der Waals surface area contributed by atoms with E-state index in [9.17, 15) is 0 Å². The molecule has 0 aliphatic rings. The van der Waals surface area contributed by atoms with E-state index in [0.717, 1.165) is 11.3 Å². The van der Waals surface area contributed by atoms with Crippen molar-refractivity contribution in [3.8, 4) is 11.8 Å². The Kier molecular flexibility index (Phi) is 4.32. The third kappa shape index (κ3) is 3.21. The van der Waals surface area contributed by atoms with Gasteiger partial charge in [0.1, 0.15) is 24.1 Å². The van der Waals surface area contributed by atoms with Crippen LogP contribution in [-0.4, -0.2) is 9.97 Å². The third-order valence-corrected chi connectivity index (χ3v) is 2.83. The number of nitrogens with zero attached hydrogens (tertiary/aromatic N) is 3. The first-order valence-corrected chi connectivity index (χ1v) is 6.27. The zero-order valence-corrected chi connectivity index (χ0v) is 11.2. The molecule has 2 rings (SSSR count). The van der Waals surface area contributed by atoms with Crippen molar-refractivity contribution >= 4 is 11.6 Å². The quantitative estimate of drug-likeness (QED) is 0.804. The number of aromatic nitrogens is 2. The smallest absolute Gasteiger partial charge is 0.147 e. The lowest BCUT2D eigenvalue weighted by Crippen LogP contribution is -2.02. The fourth-order valence-electron chi connectivity index (χ4n) is 1.64. The van der Waals surface area contributed by atoms with E-state index in [1.54, 1.807) is 12.3 Å². The van der Waals surface area contributed by atoms with Crippen LogP contribution in [0.1, 0.15) is 22.6 Å². The van der Waals surface area contributed by atoms with Gasteiger partial charge in [-0.1, -0.05) is 6.07 Å². The number of nitriles is 1. The average Bonchev–Trinajstić information content (AvgIpc) is 2.46. The number of alkyl halides is 1. The summed E-state index contributed by atoms with van der Waals surface area (Å²) in [6.07, 6.45) is 1.58. The molecule has 0 atom stereocenters. The van der Waals surface area contributed by atoms with Gasteiger partial charge >= 0.3 is 0 Å². The number of hydrogen-bond donors (Lipinski definition) is 0. The van der Waals surface area contributed by atoms with Crippen LogP contribution in [0.3, 0.4) is 0 Å². The fraction of sp³-hybridized carbons (Fsp3) is 0.214. The van der Waals surface area contributed by atoms with Gasteiger partial charge in [-0.15, -0.1) is 11.6 Å². The van der Waals surface area contributed by atoms with E-state index in [0.29, 0.717) is 17.1 Å². The molecule has 0 fully saturated rings. The topological polar surface area (TPSA) is 58.8 Å². The minimum atomic E-state index is 0.269. The highest BCUT2D eigenvalue weighted by molar-refractivity contribution is 6.17. The third-order valence-electron chi connectivity index (χ3n) is 2.58. The van der Waals surface area contributed by atoms with Crippen LogP contribution in [0.4, 0.5) is 0 Å². The summed E-state index contributed by atoms with van der Waals surface area (Å²) >= 11 is 5.84. The van der Waals surface area contributed by atoms with Crippen LogP contribution in [0.25, 0.3) is 0 Å². The van der Waals surface area contributed by atoms with E-state index < -0.39 is 0 Å². The normalized spacial score (nSPS) is 9.95. The van der Waals surface area contributed by atoms with Crippen LogP contribution >= 0.6 is 11.6 Å². The highest BCUT2D eigenvalue weighted by Crippen LogP contribution is 2.20. The summed E-state index contributed by atoms with van der Waals surface area (Å²) in [5.74, 6) is 0.920. The van der Waals surface area contributed by atoms with E-state index >= 15 is 0 Å².